The van der Waals surface area contributed by atoms with Gasteiger partial charge in [0.05, 0.1) is 13.7 Å². The molecule has 0 saturated carbocycles. The molecule has 0 bridgehead atoms. The maximum absolute atomic E-state index is 10.6. The quantitative estimate of drug-likeness (QED) is 0.538. The molecule has 0 rings (SSSR count). The largest absolute Gasteiger partial charge is 0.468 e. The van der Waals surface area contributed by atoms with E-state index >= 15 is 0 Å². The van der Waals surface area contributed by atoms with Crippen molar-refractivity contribution in [3.05, 3.63) is 0 Å². The fourth-order valence-corrected chi connectivity index (χ4v) is 0.511. The number of ether oxygens (including phenoxy) is 1. The number of aliphatic hydroxyl groups is 2. The number of hydrogen-bond acceptors (Lipinski definition) is 6. The standard InChI is InChI=1S/C6H10O4.C3H6O.C2H6O/c1-4(8)5(3-7)6(9)10-2;1-3(2)4;1-2-3/h5,7H,3H2,1-2H3;1-2H3;3H,2H2,1H3. The first-order valence-corrected chi connectivity index (χ1v) is 5.05. The molecule has 0 aromatic heterocycles. The average Bonchev–Trinajstić information content (AvgIpc) is 2.18. The molecule has 6 nitrogen and oxygen atoms in total. The van der Waals surface area contributed by atoms with Gasteiger partial charge in [0.25, 0.3) is 0 Å². The second kappa shape index (κ2) is 14.7. The molecule has 0 saturated heterocycles. The highest BCUT2D eigenvalue weighted by molar-refractivity contribution is 5.97. The minimum absolute atomic E-state index is 0.167. The molecule has 1 atom stereocenters. The molecule has 6 heteroatoms. The molecule has 0 fully saturated rings. The molecule has 0 aromatic rings. The van der Waals surface area contributed by atoms with Gasteiger partial charge in [0, 0.05) is 6.61 Å². The van der Waals surface area contributed by atoms with Crippen LogP contribution >= 0.6 is 0 Å². The van der Waals surface area contributed by atoms with Gasteiger partial charge < -0.3 is 19.7 Å². The van der Waals surface area contributed by atoms with Gasteiger partial charge in [-0.15, -0.1) is 0 Å². The monoisotopic (exact) mass is 250 g/mol. The summed E-state index contributed by atoms with van der Waals surface area (Å²) in [5.41, 5.74) is 0. The van der Waals surface area contributed by atoms with Crippen molar-refractivity contribution in [2.45, 2.75) is 27.7 Å². The van der Waals surface area contributed by atoms with E-state index in [0.717, 1.165) is 0 Å². The number of hydrogen-bond donors (Lipinski definition) is 2. The maximum atomic E-state index is 10.6. The van der Waals surface area contributed by atoms with Crippen LogP contribution in [0.25, 0.3) is 0 Å². The third kappa shape index (κ3) is 20.7. The first kappa shape index (κ1) is 21.1. The lowest BCUT2D eigenvalue weighted by Crippen LogP contribution is -2.26. The van der Waals surface area contributed by atoms with E-state index in [2.05, 4.69) is 4.74 Å². The van der Waals surface area contributed by atoms with Crippen LogP contribution in [0, 0.1) is 5.92 Å². The number of carbonyl (C=O) groups excluding carboxylic acids is 3. The van der Waals surface area contributed by atoms with Crippen molar-refractivity contribution in [2.75, 3.05) is 20.3 Å². The van der Waals surface area contributed by atoms with Crippen LogP contribution in [0.3, 0.4) is 0 Å². The Balaban J connectivity index is -0.000000232. The van der Waals surface area contributed by atoms with Crippen LogP contribution in [0.2, 0.25) is 0 Å². The second-order valence-corrected chi connectivity index (χ2v) is 3.09. The summed E-state index contributed by atoms with van der Waals surface area (Å²) in [6.45, 7) is 5.74. The van der Waals surface area contributed by atoms with Gasteiger partial charge in [0.1, 0.15) is 17.5 Å². The van der Waals surface area contributed by atoms with Crippen LogP contribution in [0.5, 0.6) is 0 Å². The SMILES string of the molecule is CC(C)=O.CCO.COC(=O)C(CO)C(C)=O. The van der Waals surface area contributed by atoms with Gasteiger partial charge in [-0.25, -0.2) is 0 Å². The molecule has 0 spiro atoms. The Bertz CT molecular complexity index is 220. The van der Waals surface area contributed by atoms with E-state index in [9.17, 15) is 14.4 Å². The lowest BCUT2D eigenvalue weighted by atomic mass is 10.1. The van der Waals surface area contributed by atoms with Crippen molar-refractivity contribution in [2.24, 2.45) is 5.92 Å². The Hall–Kier alpha value is -1.27. The first-order valence-electron chi connectivity index (χ1n) is 5.05. The maximum Gasteiger partial charge on any atom is 0.318 e. The van der Waals surface area contributed by atoms with Gasteiger partial charge in [-0.2, -0.15) is 0 Å². The lowest BCUT2D eigenvalue weighted by Gasteiger charge is -2.05. The highest BCUT2D eigenvalue weighted by Crippen LogP contribution is 1.98. The average molecular weight is 250 g/mol. The van der Waals surface area contributed by atoms with Crippen molar-refractivity contribution in [3.63, 3.8) is 0 Å². The van der Waals surface area contributed by atoms with Crippen LogP contribution in [0.15, 0.2) is 0 Å². The minimum Gasteiger partial charge on any atom is -0.468 e. The van der Waals surface area contributed by atoms with E-state index in [4.69, 9.17) is 10.2 Å². The zero-order valence-electron chi connectivity index (χ0n) is 11.0. The summed E-state index contributed by atoms with van der Waals surface area (Å²) >= 11 is 0. The first-order chi connectivity index (χ1) is 7.78. The van der Waals surface area contributed by atoms with Gasteiger partial charge in [-0.3, -0.25) is 9.59 Å². The predicted octanol–water partition coefficient (Wildman–Crippen LogP) is -0.0492. The second-order valence-electron chi connectivity index (χ2n) is 3.09. The number of Topliss-reactive ketones (excluding diaryl/α,β-unsaturated/α-hetero) is 2. The Labute approximate surface area is 102 Å². The molecule has 0 aliphatic heterocycles. The Morgan fingerprint density at radius 2 is 1.41 bits per heavy atom. The van der Waals surface area contributed by atoms with Crippen molar-refractivity contribution in [3.8, 4) is 0 Å². The van der Waals surface area contributed by atoms with Gasteiger partial charge in [0.2, 0.25) is 0 Å². The summed E-state index contributed by atoms with van der Waals surface area (Å²) in [6, 6.07) is 0. The van der Waals surface area contributed by atoms with E-state index in [0.29, 0.717) is 0 Å². The van der Waals surface area contributed by atoms with E-state index in [1.165, 1.54) is 27.9 Å². The number of ketones is 2. The third-order valence-electron chi connectivity index (χ3n) is 1.16. The number of aliphatic hydroxyl groups excluding tert-OH is 2. The molecule has 0 aliphatic rings. The number of carbonyl (C=O) groups is 3. The molecule has 0 radical (unpaired) electrons. The van der Waals surface area contributed by atoms with Crippen molar-refractivity contribution in [1.29, 1.82) is 0 Å². The highest BCUT2D eigenvalue weighted by Gasteiger charge is 2.22. The van der Waals surface area contributed by atoms with Crippen LogP contribution < -0.4 is 0 Å². The van der Waals surface area contributed by atoms with Crippen LogP contribution in [-0.4, -0.2) is 48.1 Å². The topological polar surface area (TPSA) is 101 Å². The van der Waals surface area contributed by atoms with Crippen LogP contribution in [0.1, 0.15) is 27.7 Å². The molecular formula is C11H22O6. The molecular weight excluding hydrogens is 228 g/mol. The van der Waals surface area contributed by atoms with Crippen molar-refractivity contribution >= 4 is 17.5 Å². The van der Waals surface area contributed by atoms with Gasteiger partial charge in [0.15, 0.2) is 0 Å². The molecule has 0 aromatic carbocycles. The van der Waals surface area contributed by atoms with E-state index in [1.54, 1.807) is 6.92 Å². The van der Waals surface area contributed by atoms with Crippen molar-refractivity contribution in [1.82, 2.24) is 0 Å². The molecule has 17 heavy (non-hydrogen) atoms. The minimum atomic E-state index is -1.01. The van der Waals surface area contributed by atoms with Crippen LogP contribution in [0.4, 0.5) is 0 Å². The van der Waals surface area contributed by atoms with E-state index < -0.39 is 18.5 Å². The van der Waals surface area contributed by atoms with Gasteiger partial charge in [-0.1, -0.05) is 0 Å². The number of rotatable bonds is 3. The Morgan fingerprint density at radius 1 is 1.12 bits per heavy atom. The molecule has 0 amide bonds. The summed E-state index contributed by atoms with van der Waals surface area (Å²) in [6.07, 6.45) is 0. The Kier molecular flexibility index (Phi) is 18.2. The highest BCUT2D eigenvalue weighted by atomic mass is 16.5. The normalized spacial score (nSPS) is 9.82. The van der Waals surface area contributed by atoms with E-state index in [1.807, 2.05) is 0 Å². The van der Waals surface area contributed by atoms with Gasteiger partial charge in [-0.05, 0) is 27.7 Å². The summed E-state index contributed by atoms with van der Waals surface area (Å²) in [7, 11) is 1.17. The van der Waals surface area contributed by atoms with Crippen LogP contribution in [-0.2, 0) is 19.1 Å². The zero-order chi connectivity index (χ0) is 14.4. The predicted molar refractivity (Wildman–Crippen MR) is 62.4 cm³/mol. The zero-order valence-corrected chi connectivity index (χ0v) is 11.0. The van der Waals surface area contributed by atoms with Crippen molar-refractivity contribution < 1.29 is 29.3 Å². The Morgan fingerprint density at radius 3 is 1.47 bits per heavy atom. The summed E-state index contributed by atoms with van der Waals surface area (Å²) in [5, 5.41) is 16.0. The fourth-order valence-electron chi connectivity index (χ4n) is 0.511. The smallest absolute Gasteiger partial charge is 0.318 e. The fraction of sp³-hybridized carbons (Fsp3) is 0.727. The molecule has 1 unspecified atom stereocenters. The number of methoxy groups -OCH3 is 1. The van der Waals surface area contributed by atoms with Gasteiger partial charge >= 0.3 is 5.97 Å². The van der Waals surface area contributed by atoms with E-state index in [-0.39, 0.29) is 18.2 Å². The molecule has 0 aliphatic carbocycles. The summed E-state index contributed by atoms with van der Waals surface area (Å²) < 4.78 is 4.24. The third-order valence-corrected chi connectivity index (χ3v) is 1.16. The lowest BCUT2D eigenvalue weighted by molar-refractivity contribution is -0.150. The number of esters is 1. The molecule has 2 N–H and O–H groups in total. The summed E-state index contributed by atoms with van der Waals surface area (Å²) in [4.78, 5) is 30.5. The summed E-state index contributed by atoms with van der Waals surface area (Å²) in [5.74, 6) is -1.91. The molecule has 102 valence electrons. The molecule has 0 heterocycles.